The first kappa shape index (κ1) is 7.61. The predicted molar refractivity (Wildman–Crippen MR) is 44.1 cm³/mol. The fourth-order valence-electron chi connectivity index (χ4n) is 1.78. The van der Waals surface area contributed by atoms with Crippen LogP contribution < -0.4 is 11.5 Å². The Balaban J connectivity index is 2.43. The first-order valence-corrected chi connectivity index (χ1v) is 4.23. The number of aromatic amines is 1. The molecule has 0 saturated carbocycles. The minimum Gasteiger partial charge on any atom is -0.413 e. The summed E-state index contributed by atoms with van der Waals surface area (Å²) in [6.45, 7) is 0.586. The minimum absolute atomic E-state index is 0.292. The highest BCUT2D eigenvalue weighted by Gasteiger charge is 2.23. The zero-order valence-corrected chi connectivity index (χ0v) is 6.80. The van der Waals surface area contributed by atoms with Crippen LogP contribution in [0.5, 0.6) is 0 Å². The molecule has 0 spiro atoms. The van der Waals surface area contributed by atoms with Gasteiger partial charge in [0.2, 0.25) is 0 Å². The minimum atomic E-state index is -0.347. The molecule has 0 bridgehead atoms. The van der Waals surface area contributed by atoms with Crippen LogP contribution in [0.4, 0.5) is 0 Å². The van der Waals surface area contributed by atoms with E-state index in [1.54, 1.807) is 0 Å². The predicted octanol–water partition coefficient (Wildman–Crippen LogP) is 0.347. The second kappa shape index (κ2) is 2.79. The standard InChI is InChI=1S/C8H12N2O2/c9-4-5-2-1-3-6-7(5)10-8(11)12-6/h5H,1-4,9H2,(H,10,11). The van der Waals surface area contributed by atoms with Crippen LogP contribution in [0.15, 0.2) is 9.21 Å². The zero-order chi connectivity index (χ0) is 8.55. The van der Waals surface area contributed by atoms with E-state index in [2.05, 4.69) is 4.98 Å². The second-order valence-electron chi connectivity index (χ2n) is 3.18. The van der Waals surface area contributed by atoms with Gasteiger partial charge in [-0.3, -0.25) is 4.98 Å². The molecule has 1 aromatic rings. The van der Waals surface area contributed by atoms with Crippen molar-refractivity contribution in [3.8, 4) is 0 Å². The normalized spacial score (nSPS) is 22.2. The van der Waals surface area contributed by atoms with Crippen molar-refractivity contribution in [1.82, 2.24) is 4.98 Å². The van der Waals surface area contributed by atoms with Gasteiger partial charge in [0.25, 0.3) is 0 Å². The number of hydrogen-bond acceptors (Lipinski definition) is 3. The van der Waals surface area contributed by atoms with Gasteiger partial charge in [-0.2, -0.15) is 0 Å². The summed E-state index contributed by atoms with van der Waals surface area (Å²) >= 11 is 0. The molecule has 2 rings (SSSR count). The molecule has 1 heterocycles. The highest BCUT2D eigenvalue weighted by Crippen LogP contribution is 2.27. The maximum absolute atomic E-state index is 10.9. The van der Waals surface area contributed by atoms with E-state index in [1.807, 2.05) is 0 Å². The molecule has 0 amide bonds. The molecule has 12 heavy (non-hydrogen) atoms. The van der Waals surface area contributed by atoms with Crippen LogP contribution in [-0.4, -0.2) is 11.5 Å². The van der Waals surface area contributed by atoms with E-state index in [0.29, 0.717) is 12.5 Å². The van der Waals surface area contributed by atoms with Crippen LogP contribution in [0.1, 0.15) is 30.2 Å². The van der Waals surface area contributed by atoms with Crippen LogP contribution in [0.3, 0.4) is 0 Å². The Morgan fingerprint density at radius 3 is 3.25 bits per heavy atom. The molecular formula is C8H12N2O2. The molecule has 1 aliphatic carbocycles. The number of aryl methyl sites for hydroxylation is 1. The summed E-state index contributed by atoms with van der Waals surface area (Å²) in [5.41, 5.74) is 6.49. The molecule has 0 saturated heterocycles. The maximum Gasteiger partial charge on any atom is 0.416 e. The maximum atomic E-state index is 10.9. The van der Waals surface area contributed by atoms with Crippen molar-refractivity contribution in [3.63, 3.8) is 0 Å². The third-order valence-electron chi connectivity index (χ3n) is 2.40. The number of fused-ring (bicyclic) bond motifs is 1. The van der Waals surface area contributed by atoms with E-state index in [0.717, 1.165) is 30.7 Å². The van der Waals surface area contributed by atoms with Gasteiger partial charge in [-0.15, -0.1) is 0 Å². The van der Waals surface area contributed by atoms with Gasteiger partial charge in [0.1, 0.15) is 5.76 Å². The number of oxazole rings is 1. The monoisotopic (exact) mass is 168 g/mol. The fraction of sp³-hybridized carbons (Fsp3) is 0.625. The molecule has 4 nitrogen and oxygen atoms in total. The Hall–Kier alpha value is -1.03. The molecule has 1 unspecified atom stereocenters. The first-order valence-electron chi connectivity index (χ1n) is 4.23. The largest absolute Gasteiger partial charge is 0.416 e. The lowest BCUT2D eigenvalue weighted by molar-refractivity contribution is 0.433. The molecule has 0 aliphatic heterocycles. The Kier molecular flexibility index (Phi) is 1.77. The molecular weight excluding hydrogens is 156 g/mol. The first-order chi connectivity index (χ1) is 5.81. The van der Waals surface area contributed by atoms with Gasteiger partial charge in [-0.05, 0) is 12.8 Å². The number of hydrogen-bond donors (Lipinski definition) is 2. The van der Waals surface area contributed by atoms with E-state index in [4.69, 9.17) is 10.2 Å². The van der Waals surface area contributed by atoms with Crippen LogP contribution in [0.25, 0.3) is 0 Å². The SMILES string of the molecule is NCC1CCCc2oc(=O)[nH]c21. The fourth-order valence-corrected chi connectivity index (χ4v) is 1.78. The number of rotatable bonds is 1. The van der Waals surface area contributed by atoms with E-state index < -0.39 is 0 Å². The third-order valence-corrected chi connectivity index (χ3v) is 2.40. The summed E-state index contributed by atoms with van der Waals surface area (Å²) in [6, 6.07) is 0. The van der Waals surface area contributed by atoms with Crippen LogP contribution in [0, 0.1) is 0 Å². The van der Waals surface area contributed by atoms with Gasteiger partial charge in [0.05, 0.1) is 5.69 Å². The number of H-pyrrole nitrogens is 1. The van der Waals surface area contributed by atoms with Gasteiger partial charge in [-0.25, -0.2) is 4.79 Å². The van der Waals surface area contributed by atoms with Crippen molar-refractivity contribution in [3.05, 3.63) is 22.0 Å². The molecule has 1 aromatic heterocycles. The summed E-state index contributed by atoms with van der Waals surface area (Å²) < 4.78 is 4.97. The van der Waals surface area contributed by atoms with Crippen molar-refractivity contribution >= 4 is 0 Å². The molecule has 0 aromatic carbocycles. The topological polar surface area (TPSA) is 72.0 Å². The molecule has 1 atom stereocenters. The van der Waals surface area contributed by atoms with Gasteiger partial charge in [-0.1, -0.05) is 0 Å². The summed E-state index contributed by atoms with van der Waals surface area (Å²) in [6.07, 6.45) is 2.99. The van der Waals surface area contributed by atoms with Crippen LogP contribution in [0.2, 0.25) is 0 Å². The Morgan fingerprint density at radius 2 is 2.50 bits per heavy atom. The van der Waals surface area contributed by atoms with E-state index in [1.165, 1.54) is 0 Å². The van der Waals surface area contributed by atoms with Crippen molar-refractivity contribution in [2.24, 2.45) is 5.73 Å². The quantitative estimate of drug-likeness (QED) is 0.635. The lowest BCUT2D eigenvalue weighted by Crippen LogP contribution is -2.18. The summed E-state index contributed by atoms with van der Waals surface area (Å²) in [5.74, 6) is 0.752. The summed E-state index contributed by atoms with van der Waals surface area (Å²) in [7, 11) is 0. The average molecular weight is 168 g/mol. The number of nitrogens with one attached hydrogen (secondary N) is 1. The highest BCUT2D eigenvalue weighted by atomic mass is 16.4. The van der Waals surface area contributed by atoms with Gasteiger partial charge in [0.15, 0.2) is 0 Å². The van der Waals surface area contributed by atoms with Gasteiger partial charge < -0.3 is 10.2 Å². The zero-order valence-electron chi connectivity index (χ0n) is 6.80. The van der Waals surface area contributed by atoms with Crippen LogP contribution >= 0.6 is 0 Å². The summed E-state index contributed by atoms with van der Waals surface area (Å²) in [5, 5.41) is 0. The van der Waals surface area contributed by atoms with Crippen molar-refractivity contribution in [2.75, 3.05) is 6.54 Å². The van der Waals surface area contributed by atoms with Crippen LogP contribution in [-0.2, 0) is 6.42 Å². The van der Waals surface area contributed by atoms with Gasteiger partial charge >= 0.3 is 5.76 Å². The average Bonchev–Trinajstić information content (AvgIpc) is 2.44. The van der Waals surface area contributed by atoms with Crippen molar-refractivity contribution in [2.45, 2.75) is 25.2 Å². The van der Waals surface area contributed by atoms with Crippen molar-refractivity contribution < 1.29 is 4.42 Å². The summed E-state index contributed by atoms with van der Waals surface area (Å²) in [4.78, 5) is 13.6. The van der Waals surface area contributed by atoms with E-state index >= 15 is 0 Å². The Labute approximate surface area is 69.8 Å². The lowest BCUT2D eigenvalue weighted by Gasteiger charge is -2.17. The molecule has 0 radical (unpaired) electrons. The Bertz CT molecular complexity index is 326. The third kappa shape index (κ3) is 1.08. The van der Waals surface area contributed by atoms with E-state index in [-0.39, 0.29) is 5.76 Å². The number of aromatic nitrogens is 1. The number of nitrogens with two attached hydrogens (primary N) is 1. The molecule has 0 fully saturated rings. The smallest absolute Gasteiger partial charge is 0.413 e. The molecule has 3 N–H and O–H groups in total. The second-order valence-corrected chi connectivity index (χ2v) is 3.18. The van der Waals surface area contributed by atoms with Gasteiger partial charge in [0, 0.05) is 18.9 Å². The molecule has 1 aliphatic rings. The lowest BCUT2D eigenvalue weighted by atomic mass is 9.91. The molecule has 4 heteroatoms. The van der Waals surface area contributed by atoms with E-state index in [9.17, 15) is 4.79 Å². The Morgan fingerprint density at radius 1 is 1.67 bits per heavy atom. The highest BCUT2D eigenvalue weighted by molar-refractivity contribution is 5.16. The molecule has 66 valence electrons. The van der Waals surface area contributed by atoms with Crippen molar-refractivity contribution in [1.29, 1.82) is 0 Å².